The first-order chi connectivity index (χ1) is 15.7. The van der Waals surface area contributed by atoms with E-state index in [0.29, 0.717) is 21.9 Å². The third kappa shape index (κ3) is 5.37. The highest BCUT2D eigenvalue weighted by molar-refractivity contribution is 7.92. The first-order valence-corrected chi connectivity index (χ1v) is 11.5. The average molecular weight is 493 g/mol. The summed E-state index contributed by atoms with van der Waals surface area (Å²) < 4.78 is 52.8. The fourth-order valence-corrected chi connectivity index (χ4v) is 5.01. The minimum Gasteiger partial charge on any atom is -0.493 e. The van der Waals surface area contributed by atoms with Crippen molar-refractivity contribution in [3.63, 3.8) is 0 Å². The second-order valence-corrected chi connectivity index (χ2v) is 9.33. The molecule has 0 unspecified atom stereocenters. The van der Waals surface area contributed by atoms with Crippen molar-refractivity contribution < 1.29 is 27.1 Å². The molecule has 3 aromatic rings. The SMILES string of the molecule is COc1ccc(S(=O)(=O)N(CC(N)=O)c2ccc(Cl)cc2Cc2ccccc2F)cc1OC. The van der Waals surface area contributed by atoms with Crippen molar-refractivity contribution in [1.82, 2.24) is 0 Å². The van der Waals surface area contributed by atoms with Gasteiger partial charge in [0.2, 0.25) is 5.91 Å². The largest absolute Gasteiger partial charge is 0.493 e. The Morgan fingerprint density at radius 3 is 2.33 bits per heavy atom. The van der Waals surface area contributed by atoms with E-state index in [1.165, 1.54) is 56.7 Å². The average Bonchev–Trinajstić information content (AvgIpc) is 2.78. The number of nitrogens with zero attached hydrogens (tertiary/aromatic N) is 1. The number of carbonyl (C=O) groups is 1. The third-order valence-electron chi connectivity index (χ3n) is 4.89. The molecule has 10 heteroatoms. The highest BCUT2D eigenvalue weighted by Crippen LogP contribution is 2.34. The van der Waals surface area contributed by atoms with Gasteiger partial charge in [-0.05, 0) is 47.5 Å². The number of primary amides is 1. The maximum absolute atomic E-state index is 14.3. The number of benzene rings is 3. The molecule has 33 heavy (non-hydrogen) atoms. The Labute approximate surface area is 196 Å². The van der Waals surface area contributed by atoms with Crippen molar-refractivity contribution in [3.05, 3.63) is 82.6 Å². The van der Waals surface area contributed by atoms with Gasteiger partial charge in [0.1, 0.15) is 12.4 Å². The van der Waals surface area contributed by atoms with Crippen molar-refractivity contribution in [2.75, 3.05) is 25.1 Å². The lowest BCUT2D eigenvalue weighted by molar-refractivity contribution is -0.116. The number of anilines is 1. The van der Waals surface area contributed by atoms with Gasteiger partial charge in [-0.1, -0.05) is 29.8 Å². The number of hydrogen-bond acceptors (Lipinski definition) is 5. The molecule has 0 heterocycles. The first kappa shape index (κ1) is 24.3. The Kier molecular flexibility index (Phi) is 7.45. The molecule has 174 valence electrons. The van der Waals surface area contributed by atoms with Crippen LogP contribution in [0, 0.1) is 5.82 Å². The van der Waals surface area contributed by atoms with Crippen LogP contribution in [0.5, 0.6) is 11.5 Å². The molecule has 0 saturated carbocycles. The van der Waals surface area contributed by atoms with Crippen LogP contribution in [-0.4, -0.2) is 35.1 Å². The highest BCUT2D eigenvalue weighted by Gasteiger charge is 2.29. The van der Waals surface area contributed by atoms with Crippen molar-refractivity contribution in [2.45, 2.75) is 11.3 Å². The predicted molar refractivity (Wildman–Crippen MR) is 124 cm³/mol. The van der Waals surface area contributed by atoms with Crippen LogP contribution in [0.1, 0.15) is 11.1 Å². The molecule has 0 fully saturated rings. The summed E-state index contributed by atoms with van der Waals surface area (Å²) in [4.78, 5) is 11.7. The van der Waals surface area contributed by atoms with Crippen LogP contribution in [0.2, 0.25) is 5.02 Å². The first-order valence-electron chi connectivity index (χ1n) is 9.72. The Hall–Kier alpha value is -3.30. The predicted octanol–water partition coefficient (Wildman–Crippen LogP) is 3.77. The van der Waals surface area contributed by atoms with Gasteiger partial charge in [-0.2, -0.15) is 0 Å². The number of methoxy groups -OCH3 is 2. The molecule has 0 aliphatic carbocycles. The van der Waals surface area contributed by atoms with Crippen LogP contribution < -0.4 is 19.5 Å². The lowest BCUT2D eigenvalue weighted by atomic mass is 10.0. The molecule has 0 aliphatic rings. The van der Waals surface area contributed by atoms with E-state index in [0.717, 1.165) is 4.31 Å². The minimum atomic E-state index is -4.28. The molecule has 0 atom stereocenters. The number of nitrogens with two attached hydrogens (primary N) is 1. The van der Waals surface area contributed by atoms with Crippen molar-refractivity contribution in [3.8, 4) is 11.5 Å². The molecule has 0 radical (unpaired) electrons. The van der Waals surface area contributed by atoms with E-state index in [1.807, 2.05) is 0 Å². The van der Waals surface area contributed by atoms with Crippen molar-refractivity contribution in [2.24, 2.45) is 5.73 Å². The highest BCUT2D eigenvalue weighted by atomic mass is 35.5. The number of hydrogen-bond donors (Lipinski definition) is 1. The zero-order chi connectivity index (χ0) is 24.2. The molecule has 3 rings (SSSR count). The van der Waals surface area contributed by atoms with Gasteiger partial charge in [-0.15, -0.1) is 0 Å². The van der Waals surface area contributed by atoms with Crippen LogP contribution in [0.15, 0.2) is 65.6 Å². The summed E-state index contributed by atoms with van der Waals surface area (Å²) in [5, 5.41) is 0.327. The number of ether oxygens (including phenoxy) is 2. The Morgan fingerprint density at radius 1 is 1.00 bits per heavy atom. The fraction of sp³-hybridized carbons (Fsp3) is 0.174. The number of halogens is 2. The molecule has 0 aliphatic heterocycles. The van der Waals surface area contributed by atoms with Gasteiger partial charge in [0.25, 0.3) is 10.0 Å². The zero-order valence-corrected chi connectivity index (χ0v) is 19.5. The van der Waals surface area contributed by atoms with Gasteiger partial charge in [0.05, 0.1) is 24.8 Å². The summed E-state index contributed by atoms with van der Waals surface area (Å²) in [6.07, 6.45) is 0.0410. The number of rotatable bonds is 9. The summed E-state index contributed by atoms with van der Waals surface area (Å²) in [5.41, 5.74) is 6.27. The van der Waals surface area contributed by atoms with Crippen LogP contribution in [0.25, 0.3) is 0 Å². The quantitative estimate of drug-likeness (QED) is 0.490. The van der Waals surface area contributed by atoms with Gasteiger partial charge in [0.15, 0.2) is 11.5 Å². The zero-order valence-electron chi connectivity index (χ0n) is 17.9. The number of amides is 1. The molecule has 0 spiro atoms. The molecular formula is C23H22ClFN2O5S. The van der Waals surface area contributed by atoms with E-state index in [-0.39, 0.29) is 22.8 Å². The minimum absolute atomic E-state index is 0.0410. The normalized spacial score (nSPS) is 11.2. The summed E-state index contributed by atoms with van der Waals surface area (Å²) >= 11 is 6.15. The van der Waals surface area contributed by atoms with E-state index in [2.05, 4.69) is 0 Å². The number of carbonyl (C=O) groups excluding carboxylic acids is 1. The van der Waals surface area contributed by atoms with Crippen LogP contribution in [0.3, 0.4) is 0 Å². The van der Waals surface area contributed by atoms with E-state index in [4.69, 9.17) is 26.8 Å². The monoisotopic (exact) mass is 492 g/mol. The molecule has 1 amide bonds. The van der Waals surface area contributed by atoms with E-state index < -0.39 is 28.3 Å². The van der Waals surface area contributed by atoms with Gasteiger partial charge in [-0.25, -0.2) is 12.8 Å². The number of sulfonamides is 1. The lowest BCUT2D eigenvalue weighted by Gasteiger charge is -2.26. The smallest absolute Gasteiger partial charge is 0.264 e. The molecule has 0 bridgehead atoms. The van der Waals surface area contributed by atoms with Gasteiger partial charge < -0.3 is 15.2 Å². The summed E-state index contributed by atoms with van der Waals surface area (Å²) in [6, 6.07) is 14.6. The fourth-order valence-electron chi connectivity index (χ4n) is 3.33. The lowest BCUT2D eigenvalue weighted by Crippen LogP contribution is -2.39. The maximum Gasteiger partial charge on any atom is 0.264 e. The molecular weight excluding hydrogens is 471 g/mol. The molecule has 3 aromatic carbocycles. The van der Waals surface area contributed by atoms with Crippen LogP contribution in [0.4, 0.5) is 10.1 Å². The van der Waals surface area contributed by atoms with Gasteiger partial charge in [0, 0.05) is 17.5 Å². The van der Waals surface area contributed by atoms with E-state index in [9.17, 15) is 17.6 Å². The van der Waals surface area contributed by atoms with Crippen molar-refractivity contribution in [1.29, 1.82) is 0 Å². The van der Waals surface area contributed by atoms with Gasteiger partial charge >= 0.3 is 0 Å². The van der Waals surface area contributed by atoms with Crippen LogP contribution >= 0.6 is 11.6 Å². The Bertz CT molecular complexity index is 1280. The van der Waals surface area contributed by atoms with E-state index in [1.54, 1.807) is 18.2 Å². The van der Waals surface area contributed by atoms with Gasteiger partial charge in [-0.3, -0.25) is 9.10 Å². The molecule has 2 N–H and O–H groups in total. The topological polar surface area (TPSA) is 98.9 Å². The Balaban J connectivity index is 2.16. The molecule has 7 nitrogen and oxygen atoms in total. The van der Waals surface area contributed by atoms with Crippen LogP contribution in [-0.2, 0) is 21.2 Å². The summed E-state index contributed by atoms with van der Waals surface area (Å²) in [7, 11) is -1.48. The molecule has 0 saturated heterocycles. The Morgan fingerprint density at radius 2 is 1.70 bits per heavy atom. The maximum atomic E-state index is 14.3. The third-order valence-corrected chi connectivity index (χ3v) is 6.88. The summed E-state index contributed by atoms with van der Waals surface area (Å²) in [6.45, 7) is -0.636. The second-order valence-electron chi connectivity index (χ2n) is 7.04. The van der Waals surface area contributed by atoms with E-state index >= 15 is 0 Å². The summed E-state index contributed by atoms with van der Waals surface area (Å²) in [5.74, 6) is -0.789. The van der Waals surface area contributed by atoms with Crippen molar-refractivity contribution >= 4 is 33.2 Å². The second kappa shape index (κ2) is 10.1. The standard InChI is InChI=1S/C23H22ClFN2O5S/c1-31-21-10-8-18(13-22(21)32-2)33(29,30)27(14-23(26)28)20-9-7-17(24)12-16(20)11-15-5-3-4-6-19(15)25/h3-10,12-13H,11,14H2,1-2H3,(H2,26,28). The molecule has 0 aromatic heterocycles.